The summed E-state index contributed by atoms with van der Waals surface area (Å²) in [5.74, 6) is 2.60. The lowest BCUT2D eigenvalue weighted by molar-refractivity contribution is 0.312. The summed E-state index contributed by atoms with van der Waals surface area (Å²) >= 11 is 1.38. The van der Waals surface area contributed by atoms with E-state index in [0.29, 0.717) is 30.4 Å². The van der Waals surface area contributed by atoms with Crippen LogP contribution in [0.2, 0.25) is 0 Å². The Morgan fingerprint density at radius 2 is 1.50 bits per heavy atom. The van der Waals surface area contributed by atoms with Crippen LogP contribution in [0.25, 0.3) is 0 Å². The maximum atomic E-state index is 13.0. The molecule has 8 nitrogen and oxygen atoms in total. The number of nitrogens with zero attached hydrogens (tertiary/aromatic N) is 6. The fraction of sp³-hybridized carbons (Fsp3) is 0.600. The normalized spacial score (nSPS) is 19.4. The summed E-state index contributed by atoms with van der Waals surface area (Å²) in [5, 5.41) is 0. The second-order valence-corrected chi connectivity index (χ2v) is 11.2. The van der Waals surface area contributed by atoms with Crippen molar-refractivity contribution >= 4 is 33.0 Å². The summed E-state index contributed by atoms with van der Waals surface area (Å²) in [7, 11) is -1.28. The lowest BCUT2D eigenvalue weighted by Gasteiger charge is -2.36. The quantitative estimate of drug-likeness (QED) is 0.686. The third-order valence-corrected chi connectivity index (χ3v) is 9.38. The second-order valence-electron chi connectivity index (χ2n) is 7.89. The minimum Gasteiger partial charge on any atom is -0.354 e. The van der Waals surface area contributed by atoms with Crippen molar-refractivity contribution in [1.82, 2.24) is 19.2 Å². The van der Waals surface area contributed by atoms with Crippen LogP contribution >= 0.6 is 11.3 Å². The Labute approximate surface area is 183 Å². The van der Waals surface area contributed by atoms with Crippen LogP contribution in [0, 0.1) is 6.92 Å². The lowest BCUT2D eigenvalue weighted by Crippen LogP contribution is -2.49. The number of piperazine rings is 2. The third-order valence-electron chi connectivity index (χ3n) is 5.78. The minimum atomic E-state index is -3.42. The number of aryl methyl sites for hydroxylation is 2. The van der Waals surface area contributed by atoms with Crippen LogP contribution in [0.3, 0.4) is 0 Å². The molecule has 0 aliphatic carbocycles. The Balaban J connectivity index is 1.45. The maximum absolute atomic E-state index is 13.0. The van der Waals surface area contributed by atoms with E-state index in [1.54, 1.807) is 10.4 Å². The zero-order valence-electron chi connectivity index (χ0n) is 17.9. The molecule has 0 radical (unpaired) electrons. The Morgan fingerprint density at radius 1 is 0.933 bits per heavy atom. The number of sulfonamides is 1. The van der Waals surface area contributed by atoms with Gasteiger partial charge in [-0.2, -0.15) is 4.31 Å². The first-order valence-corrected chi connectivity index (χ1v) is 12.8. The van der Waals surface area contributed by atoms with Crippen LogP contribution in [0.5, 0.6) is 0 Å². The van der Waals surface area contributed by atoms with Crippen LogP contribution in [0.1, 0.15) is 17.6 Å². The molecule has 164 valence electrons. The number of anilines is 2. The van der Waals surface area contributed by atoms with Crippen molar-refractivity contribution in [3.8, 4) is 0 Å². The Bertz CT molecular complexity index is 977. The molecule has 2 fully saturated rings. The summed E-state index contributed by atoms with van der Waals surface area (Å²) in [6, 6.07) is 5.70. The fourth-order valence-corrected chi connectivity index (χ4v) is 6.74. The number of rotatable bonds is 5. The zero-order valence-corrected chi connectivity index (χ0v) is 19.5. The average molecular weight is 451 g/mol. The van der Waals surface area contributed by atoms with Gasteiger partial charge in [-0.1, -0.05) is 6.92 Å². The molecule has 0 N–H and O–H groups in total. The molecule has 0 unspecified atom stereocenters. The topological polar surface area (TPSA) is 72.9 Å². The summed E-state index contributed by atoms with van der Waals surface area (Å²) < 4.78 is 28.0. The van der Waals surface area contributed by atoms with Crippen LogP contribution in [-0.4, -0.2) is 87.0 Å². The van der Waals surface area contributed by atoms with Gasteiger partial charge >= 0.3 is 0 Å². The SMILES string of the molecule is CCc1ccc(S(=O)(=O)N2CCN(c3cc(N4CCN(C)CC4)nc(C)n3)CC2)s1. The van der Waals surface area contributed by atoms with E-state index in [2.05, 4.69) is 37.8 Å². The molecule has 2 saturated heterocycles. The van der Waals surface area contributed by atoms with Gasteiger partial charge in [0.05, 0.1) is 0 Å². The largest absolute Gasteiger partial charge is 0.354 e. The molecule has 2 aromatic heterocycles. The van der Waals surface area contributed by atoms with Crippen LogP contribution in [0.4, 0.5) is 11.6 Å². The molecular weight excluding hydrogens is 420 g/mol. The van der Waals surface area contributed by atoms with Crippen molar-refractivity contribution in [2.75, 3.05) is 69.2 Å². The van der Waals surface area contributed by atoms with Gasteiger partial charge in [-0.25, -0.2) is 18.4 Å². The summed E-state index contributed by atoms with van der Waals surface area (Å²) in [5.41, 5.74) is 0. The van der Waals surface area contributed by atoms with Gasteiger partial charge in [-0.15, -0.1) is 11.3 Å². The standard InChI is InChI=1S/C20H30N6O2S2/c1-4-17-5-6-20(29-17)30(27,28)26-13-11-25(12-14-26)19-15-18(21-16(2)22-19)24-9-7-23(3)8-10-24/h5-6,15H,4,7-14H2,1-3H3. The van der Waals surface area contributed by atoms with E-state index >= 15 is 0 Å². The molecule has 0 bridgehead atoms. The van der Waals surface area contributed by atoms with Crippen molar-refractivity contribution < 1.29 is 8.42 Å². The smallest absolute Gasteiger partial charge is 0.252 e. The molecular formula is C20H30N6O2S2. The minimum absolute atomic E-state index is 0.447. The van der Waals surface area contributed by atoms with E-state index in [0.717, 1.165) is 54.9 Å². The molecule has 4 heterocycles. The molecule has 0 aromatic carbocycles. The van der Waals surface area contributed by atoms with E-state index < -0.39 is 10.0 Å². The van der Waals surface area contributed by atoms with Gasteiger partial charge in [-0.3, -0.25) is 0 Å². The highest BCUT2D eigenvalue weighted by molar-refractivity contribution is 7.91. The fourth-order valence-electron chi connectivity index (χ4n) is 3.87. The number of aromatic nitrogens is 2. The molecule has 0 amide bonds. The van der Waals surface area contributed by atoms with Crippen LogP contribution < -0.4 is 9.80 Å². The van der Waals surface area contributed by atoms with Gasteiger partial charge in [0.15, 0.2) is 0 Å². The third kappa shape index (κ3) is 4.46. The van der Waals surface area contributed by atoms with E-state index in [1.165, 1.54) is 11.3 Å². The molecule has 2 aliphatic rings. The molecule has 30 heavy (non-hydrogen) atoms. The first-order valence-electron chi connectivity index (χ1n) is 10.5. The van der Waals surface area contributed by atoms with E-state index in [1.807, 2.05) is 19.9 Å². The summed E-state index contributed by atoms with van der Waals surface area (Å²) in [6.45, 7) is 10.1. The molecule has 2 aliphatic heterocycles. The molecule has 0 spiro atoms. The van der Waals surface area contributed by atoms with Crippen molar-refractivity contribution in [2.24, 2.45) is 0 Å². The van der Waals surface area contributed by atoms with Gasteiger partial charge in [0.2, 0.25) is 0 Å². The predicted molar refractivity (Wildman–Crippen MR) is 121 cm³/mol. The van der Waals surface area contributed by atoms with Gasteiger partial charge in [0, 0.05) is 63.3 Å². The number of thiophene rings is 1. The summed E-state index contributed by atoms with van der Waals surface area (Å²) in [6.07, 6.45) is 0.858. The number of hydrogen-bond acceptors (Lipinski definition) is 8. The monoisotopic (exact) mass is 450 g/mol. The van der Waals surface area contributed by atoms with Crippen molar-refractivity contribution in [3.05, 3.63) is 28.9 Å². The zero-order chi connectivity index (χ0) is 21.3. The van der Waals surface area contributed by atoms with E-state index in [9.17, 15) is 8.42 Å². The molecule has 4 rings (SSSR count). The Morgan fingerprint density at radius 3 is 2.03 bits per heavy atom. The lowest BCUT2D eigenvalue weighted by atomic mass is 10.3. The highest BCUT2D eigenvalue weighted by atomic mass is 32.2. The van der Waals surface area contributed by atoms with Crippen LogP contribution in [-0.2, 0) is 16.4 Å². The molecule has 0 atom stereocenters. The molecule has 2 aromatic rings. The van der Waals surface area contributed by atoms with Crippen molar-refractivity contribution in [3.63, 3.8) is 0 Å². The maximum Gasteiger partial charge on any atom is 0.252 e. The number of hydrogen-bond donors (Lipinski definition) is 0. The van der Waals surface area contributed by atoms with E-state index in [-0.39, 0.29) is 0 Å². The van der Waals surface area contributed by atoms with Gasteiger partial charge in [-0.05, 0) is 32.5 Å². The molecule has 0 saturated carbocycles. The highest BCUT2D eigenvalue weighted by Gasteiger charge is 2.30. The van der Waals surface area contributed by atoms with Gasteiger partial charge < -0.3 is 14.7 Å². The van der Waals surface area contributed by atoms with Gasteiger partial charge in [0.25, 0.3) is 10.0 Å². The van der Waals surface area contributed by atoms with Crippen molar-refractivity contribution in [2.45, 2.75) is 24.5 Å². The number of likely N-dealkylation sites (N-methyl/N-ethyl adjacent to an activating group) is 1. The van der Waals surface area contributed by atoms with Crippen molar-refractivity contribution in [1.29, 1.82) is 0 Å². The highest BCUT2D eigenvalue weighted by Crippen LogP contribution is 2.27. The average Bonchev–Trinajstić information content (AvgIpc) is 3.24. The Kier molecular flexibility index (Phi) is 6.29. The second kappa shape index (κ2) is 8.78. The summed E-state index contributed by atoms with van der Waals surface area (Å²) in [4.78, 5) is 17.2. The van der Waals surface area contributed by atoms with Gasteiger partial charge in [0.1, 0.15) is 21.7 Å². The van der Waals surface area contributed by atoms with Crippen LogP contribution in [0.15, 0.2) is 22.4 Å². The van der Waals surface area contributed by atoms with E-state index in [4.69, 9.17) is 0 Å². The predicted octanol–water partition coefficient (Wildman–Crippen LogP) is 1.67. The Hall–Kier alpha value is -1.75. The first-order chi connectivity index (χ1) is 14.4. The molecule has 10 heteroatoms. The first kappa shape index (κ1) is 21.5.